The highest BCUT2D eigenvalue weighted by Gasteiger charge is 2.18. The van der Waals surface area contributed by atoms with E-state index in [1.54, 1.807) is 0 Å². The topological polar surface area (TPSA) is 77.8 Å². The Morgan fingerprint density at radius 2 is 1.12 bits per heavy atom. The Hall–Kier alpha value is -2.23. The zero-order valence-corrected chi connectivity index (χ0v) is 15.5. The summed E-state index contributed by atoms with van der Waals surface area (Å²) in [4.78, 5) is 21.6. The molecule has 0 aliphatic heterocycles. The summed E-state index contributed by atoms with van der Waals surface area (Å²) >= 11 is 0. The molecule has 3 aromatic rings. The van der Waals surface area contributed by atoms with Crippen LogP contribution in [0.1, 0.15) is 35.1 Å². The van der Waals surface area contributed by atoms with Gasteiger partial charge in [0.05, 0.1) is 0 Å². The predicted molar refractivity (Wildman–Crippen MR) is 104 cm³/mol. The van der Waals surface area contributed by atoms with Gasteiger partial charge < -0.3 is 14.7 Å². The van der Waals surface area contributed by atoms with E-state index in [1.807, 2.05) is 0 Å². The SMILES string of the molecule is CCc1ccccc1C(c1ccccc1)c1ccccc1.O=P(O)(O)O. The standard InChI is InChI=1S/C21H20.H3O4P/c1-2-17-11-9-10-16-20(17)21(18-12-5-3-6-13-18)19-14-7-4-8-15-19;1-5(2,3)4/h3-16,21H,2H2,1H3;(H3,1,2,3,4). The van der Waals surface area contributed by atoms with E-state index in [4.69, 9.17) is 19.2 Å². The first kappa shape index (κ1) is 20.1. The average Bonchev–Trinajstić information content (AvgIpc) is 2.63. The van der Waals surface area contributed by atoms with Gasteiger partial charge >= 0.3 is 7.82 Å². The van der Waals surface area contributed by atoms with Crippen LogP contribution < -0.4 is 0 Å². The number of phosphoric acid groups is 1. The molecule has 3 rings (SSSR count). The van der Waals surface area contributed by atoms with E-state index < -0.39 is 7.82 Å². The van der Waals surface area contributed by atoms with Crippen LogP contribution >= 0.6 is 7.82 Å². The number of aryl methyl sites for hydroxylation is 1. The van der Waals surface area contributed by atoms with Crippen molar-refractivity contribution in [3.63, 3.8) is 0 Å². The van der Waals surface area contributed by atoms with Gasteiger partial charge in [0.25, 0.3) is 0 Å². The summed E-state index contributed by atoms with van der Waals surface area (Å²) in [5, 5.41) is 0. The monoisotopic (exact) mass is 370 g/mol. The van der Waals surface area contributed by atoms with Crippen LogP contribution in [-0.4, -0.2) is 14.7 Å². The fourth-order valence-electron chi connectivity index (χ4n) is 2.98. The lowest BCUT2D eigenvalue weighted by atomic mass is 9.82. The molecule has 0 aliphatic rings. The molecular weight excluding hydrogens is 347 g/mol. The van der Waals surface area contributed by atoms with Crippen molar-refractivity contribution in [3.05, 3.63) is 107 Å². The number of benzene rings is 3. The van der Waals surface area contributed by atoms with Gasteiger partial charge in [0.1, 0.15) is 0 Å². The highest BCUT2D eigenvalue weighted by Crippen LogP contribution is 2.33. The Morgan fingerprint density at radius 3 is 1.54 bits per heavy atom. The van der Waals surface area contributed by atoms with Crippen molar-refractivity contribution in [2.75, 3.05) is 0 Å². The predicted octanol–water partition coefficient (Wildman–Crippen LogP) is 4.50. The zero-order chi connectivity index (χ0) is 19.0. The summed E-state index contributed by atoms with van der Waals surface area (Å²) in [6.45, 7) is 2.23. The molecule has 5 heteroatoms. The molecule has 4 nitrogen and oxygen atoms in total. The van der Waals surface area contributed by atoms with Gasteiger partial charge in [0.15, 0.2) is 0 Å². The summed E-state index contributed by atoms with van der Waals surface area (Å²) in [7, 11) is -4.64. The second-order valence-corrected chi connectivity index (χ2v) is 6.85. The van der Waals surface area contributed by atoms with Gasteiger partial charge in [-0.05, 0) is 28.7 Å². The van der Waals surface area contributed by atoms with E-state index in [-0.39, 0.29) is 0 Å². The van der Waals surface area contributed by atoms with Crippen LogP contribution in [0.15, 0.2) is 84.9 Å². The summed E-state index contributed by atoms with van der Waals surface area (Å²) in [6.07, 6.45) is 1.06. The van der Waals surface area contributed by atoms with Crippen LogP contribution in [0.4, 0.5) is 0 Å². The Balaban J connectivity index is 0.000000431. The fourth-order valence-corrected chi connectivity index (χ4v) is 2.98. The minimum Gasteiger partial charge on any atom is -0.303 e. The molecule has 3 aromatic carbocycles. The van der Waals surface area contributed by atoms with Crippen molar-refractivity contribution < 1.29 is 19.2 Å². The van der Waals surface area contributed by atoms with Crippen molar-refractivity contribution in [1.29, 1.82) is 0 Å². The molecule has 0 radical (unpaired) electrons. The van der Waals surface area contributed by atoms with Crippen LogP contribution in [-0.2, 0) is 11.0 Å². The second-order valence-electron chi connectivity index (χ2n) is 5.82. The van der Waals surface area contributed by atoms with E-state index in [9.17, 15) is 0 Å². The third-order valence-electron chi connectivity index (χ3n) is 4.01. The molecule has 0 heterocycles. The van der Waals surface area contributed by atoms with Crippen molar-refractivity contribution in [2.24, 2.45) is 0 Å². The summed E-state index contributed by atoms with van der Waals surface area (Å²) in [6, 6.07) is 30.4. The van der Waals surface area contributed by atoms with Crippen molar-refractivity contribution in [2.45, 2.75) is 19.3 Å². The van der Waals surface area contributed by atoms with Gasteiger partial charge in [-0.2, -0.15) is 0 Å². The van der Waals surface area contributed by atoms with Gasteiger partial charge in [-0.25, -0.2) is 4.57 Å². The first-order chi connectivity index (χ1) is 12.4. The molecule has 0 fully saturated rings. The minimum absolute atomic E-state index is 0.309. The van der Waals surface area contributed by atoms with Crippen molar-refractivity contribution >= 4 is 7.82 Å². The summed E-state index contributed by atoms with van der Waals surface area (Å²) in [5.41, 5.74) is 5.54. The molecule has 0 spiro atoms. The third kappa shape index (κ3) is 6.25. The Kier molecular flexibility index (Phi) is 7.31. The van der Waals surface area contributed by atoms with E-state index in [1.165, 1.54) is 22.3 Å². The van der Waals surface area contributed by atoms with Crippen LogP contribution in [0.5, 0.6) is 0 Å². The highest BCUT2D eigenvalue weighted by atomic mass is 31.2. The smallest absolute Gasteiger partial charge is 0.303 e. The molecule has 136 valence electrons. The van der Waals surface area contributed by atoms with Gasteiger partial charge in [0.2, 0.25) is 0 Å². The van der Waals surface area contributed by atoms with E-state index in [0.29, 0.717) is 5.92 Å². The number of rotatable bonds is 4. The molecule has 0 amide bonds. The minimum atomic E-state index is -4.64. The van der Waals surface area contributed by atoms with Crippen LogP contribution in [0.3, 0.4) is 0 Å². The normalized spacial score (nSPS) is 11.0. The summed E-state index contributed by atoms with van der Waals surface area (Å²) < 4.78 is 8.88. The fraction of sp³-hybridized carbons (Fsp3) is 0.143. The van der Waals surface area contributed by atoms with E-state index >= 15 is 0 Å². The maximum atomic E-state index is 8.88. The summed E-state index contributed by atoms with van der Waals surface area (Å²) in [5.74, 6) is 0.309. The van der Waals surface area contributed by atoms with E-state index in [2.05, 4.69) is 91.9 Å². The van der Waals surface area contributed by atoms with Crippen LogP contribution in [0, 0.1) is 0 Å². The lowest BCUT2D eigenvalue weighted by Gasteiger charge is -2.21. The second kappa shape index (κ2) is 9.46. The van der Waals surface area contributed by atoms with Crippen LogP contribution in [0.25, 0.3) is 0 Å². The van der Waals surface area contributed by atoms with Gasteiger partial charge in [-0.1, -0.05) is 91.9 Å². The molecule has 0 aromatic heterocycles. The third-order valence-corrected chi connectivity index (χ3v) is 4.01. The van der Waals surface area contributed by atoms with Crippen molar-refractivity contribution in [3.8, 4) is 0 Å². The maximum Gasteiger partial charge on any atom is 0.466 e. The average molecular weight is 370 g/mol. The highest BCUT2D eigenvalue weighted by molar-refractivity contribution is 7.45. The molecule has 0 saturated carbocycles. The maximum absolute atomic E-state index is 8.88. The quantitative estimate of drug-likeness (QED) is 0.467. The van der Waals surface area contributed by atoms with Crippen LogP contribution in [0.2, 0.25) is 0 Å². The van der Waals surface area contributed by atoms with Crippen molar-refractivity contribution in [1.82, 2.24) is 0 Å². The molecule has 0 aliphatic carbocycles. The van der Waals surface area contributed by atoms with E-state index in [0.717, 1.165) is 6.42 Å². The molecule has 26 heavy (non-hydrogen) atoms. The zero-order valence-electron chi connectivity index (χ0n) is 14.6. The largest absolute Gasteiger partial charge is 0.466 e. The van der Waals surface area contributed by atoms with Gasteiger partial charge in [0, 0.05) is 5.92 Å². The molecule has 0 atom stereocenters. The Bertz CT molecular complexity index is 796. The van der Waals surface area contributed by atoms with Gasteiger partial charge in [-0.3, -0.25) is 0 Å². The lowest BCUT2D eigenvalue weighted by Crippen LogP contribution is -2.06. The van der Waals surface area contributed by atoms with Gasteiger partial charge in [-0.15, -0.1) is 0 Å². The molecule has 0 saturated heterocycles. The Labute approximate surface area is 154 Å². The molecular formula is C21H23O4P. The Morgan fingerprint density at radius 1 is 0.731 bits per heavy atom. The first-order valence-corrected chi connectivity index (χ1v) is 9.92. The molecule has 0 unspecified atom stereocenters. The number of hydrogen-bond donors (Lipinski definition) is 3. The first-order valence-electron chi connectivity index (χ1n) is 8.36. The lowest BCUT2D eigenvalue weighted by molar-refractivity contribution is 0.275. The molecule has 3 N–H and O–H groups in total. The number of hydrogen-bond acceptors (Lipinski definition) is 1. The molecule has 0 bridgehead atoms.